The summed E-state index contributed by atoms with van der Waals surface area (Å²) in [5.74, 6) is -1.72. The Hall–Kier alpha value is -2.71. The number of nitrogens with zero attached hydrogens (tertiary/aromatic N) is 3. The van der Waals surface area contributed by atoms with Crippen molar-refractivity contribution in [3.05, 3.63) is 37.9 Å². The fraction of sp³-hybridized carbons (Fsp3) is 0.222. The predicted molar refractivity (Wildman–Crippen MR) is 58.4 cm³/mol. The summed E-state index contributed by atoms with van der Waals surface area (Å²) < 4.78 is 0. The quantitative estimate of drug-likeness (QED) is 0.543. The van der Waals surface area contributed by atoms with E-state index in [1.165, 1.54) is 19.0 Å². The Balaban J connectivity index is 3.71. The number of aromatic carboxylic acids is 1. The van der Waals surface area contributed by atoms with Gasteiger partial charge in [0.15, 0.2) is 5.69 Å². The van der Waals surface area contributed by atoms with Crippen molar-refractivity contribution in [2.45, 2.75) is 0 Å². The summed E-state index contributed by atoms with van der Waals surface area (Å²) in [6, 6.07) is 1.47. The minimum atomic E-state index is -1.72. The summed E-state index contributed by atoms with van der Waals surface area (Å²) in [5.41, 5.74) is -2.20. The number of nitro benzene ring substituents is 2. The van der Waals surface area contributed by atoms with Gasteiger partial charge in [-0.05, 0) is 0 Å². The third-order valence-corrected chi connectivity index (χ3v) is 2.15. The molecule has 1 aromatic carbocycles. The molecule has 96 valence electrons. The average molecular weight is 254 g/mol. The monoisotopic (exact) mass is 254 g/mol. The zero-order valence-corrected chi connectivity index (χ0v) is 9.45. The molecule has 0 fully saturated rings. The van der Waals surface area contributed by atoms with Gasteiger partial charge in [0.2, 0.25) is 0 Å². The van der Waals surface area contributed by atoms with Crippen molar-refractivity contribution in [3.8, 4) is 0 Å². The molecule has 9 heteroatoms. The fourth-order valence-corrected chi connectivity index (χ4v) is 1.46. The second-order valence-electron chi connectivity index (χ2n) is 3.56. The van der Waals surface area contributed by atoms with E-state index in [2.05, 4.69) is 0 Å². The smallest absolute Gasteiger partial charge is 0.300 e. The van der Waals surface area contributed by atoms with Crippen molar-refractivity contribution in [2.24, 2.45) is 0 Å². The maximum absolute atomic E-state index is 10.8. The number of rotatable bonds is 4. The molecule has 0 bridgehead atoms. The van der Waals surface area contributed by atoms with Crippen molar-refractivity contribution in [1.82, 2.24) is 0 Å². The number of nitro groups is 2. The maximum Gasteiger partial charge on any atom is 0.300 e. The van der Waals surface area contributed by atoms with Gasteiger partial charge in [-0.2, -0.15) is 0 Å². The molecule has 0 atom stereocenters. The Morgan fingerprint density at radius 1 is 1.11 bits per heavy atom. The molecule has 0 unspecified atom stereocenters. The van der Waals surface area contributed by atoms with E-state index in [4.69, 9.17) is 0 Å². The highest BCUT2D eigenvalue weighted by Gasteiger charge is 2.28. The van der Waals surface area contributed by atoms with Gasteiger partial charge in [0, 0.05) is 31.8 Å². The van der Waals surface area contributed by atoms with Crippen LogP contribution < -0.4 is 10.0 Å². The van der Waals surface area contributed by atoms with Gasteiger partial charge in [-0.3, -0.25) is 20.2 Å². The summed E-state index contributed by atoms with van der Waals surface area (Å²) in [6.45, 7) is 0. The summed E-state index contributed by atoms with van der Waals surface area (Å²) in [4.78, 5) is 31.7. The first kappa shape index (κ1) is 13.4. The third-order valence-electron chi connectivity index (χ3n) is 2.15. The van der Waals surface area contributed by atoms with Crippen LogP contribution in [0.1, 0.15) is 10.4 Å². The van der Waals surface area contributed by atoms with Crippen LogP contribution in [-0.2, 0) is 0 Å². The normalized spacial score (nSPS) is 9.89. The average Bonchev–Trinajstić information content (AvgIpc) is 2.26. The molecule has 18 heavy (non-hydrogen) atoms. The van der Waals surface area contributed by atoms with E-state index in [1.807, 2.05) is 0 Å². The lowest BCUT2D eigenvalue weighted by Crippen LogP contribution is -2.23. The van der Waals surface area contributed by atoms with E-state index < -0.39 is 32.8 Å². The molecule has 0 aromatic heterocycles. The number of hydrogen-bond donors (Lipinski definition) is 0. The molecule has 0 spiro atoms. The maximum atomic E-state index is 10.8. The SMILES string of the molecule is CN(C)c1c([N+](=O)[O-])cc(C(=O)[O-])cc1[N+](=O)[O-]. The predicted octanol–water partition coefficient (Wildman–Crippen LogP) is -0.0675. The number of carboxylic acids is 1. The van der Waals surface area contributed by atoms with Crippen molar-refractivity contribution in [3.63, 3.8) is 0 Å². The van der Waals surface area contributed by atoms with E-state index in [9.17, 15) is 30.1 Å². The Morgan fingerprint density at radius 3 is 1.72 bits per heavy atom. The molecule has 9 nitrogen and oxygen atoms in total. The lowest BCUT2D eigenvalue weighted by Gasteiger charge is -2.14. The number of carbonyl (C=O) groups is 1. The van der Waals surface area contributed by atoms with E-state index in [-0.39, 0.29) is 5.69 Å². The molecule has 1 aromatic rings. The molecular formula is C9H8N3O6-. The van der Waals surface area contributed by atoms with E-state index in [0.29, 0.717) is 0 Å². The van der Waals surface area contributed by atoms with Gasteiger partial charge >= 0.3 is 0 Å². The lowest BCUT2D eigenvalue weighted by molar-refractivity contribution is -0.392. The summed E-state index contributed by atoms with van der Waals surface area (Å²) in [6.07, 6.45) is 0. The van der Waals surface area contributed by atoms with Crippen molar-refractivity contribution < 1.29 is 19.7 Å². The van der Waals surface area contributed by atoms with Crippen LogP contribution in [0, 0.1) is 20.2 Å². The topological polar surface area (TPSA) is 130 Å². The highest BCUT2D eigenvalue weighted by Crippen LogP contribution is 2.37. The van der Waals surface area contributed by atoms with Crippen LogP contribution in [-0.4, -0.2) is 29.9 Å². The zero-order valence-electron chi connectivity index (χ0n) is 9.45. The number of hydrogen-bond acceptors (Lipinski definition) is 7. The minimum Gasteiger partial charge on any atom is -0.545 e. The van der Waals surface area contributed by atoms with Gasteiger partial charge in [-0.15, -0.1) is 0 Å². The number of anilines is 1. The highest BCUT2D eigenvalue weighted by molar-refractivity contribution is 5.91. The fourth-order valence-electron chi connectivity index (χ4n) is 1.46. The standard InChI is InChI=1S/C9H9N3O6/c1-10(2)8-6(11(15)16)3-5(9(13)14)4-7(8)12(17)18/h3-4H,1-2H3,(H,13,14)/p-1. The van der Waals surface area contributed by atoms with E-state index >= 15 is 0 Å². The molecule has 0 saturated carbocycles. The largest absolute Gasteiger partial charge is 0.545 e. The van der Waals surface area contributed by atoms with Gasteiger partial charge in [0.05, 0.1) is 15.8 Å². The minimum absolute atomic E-state index is 0.269. The molecular weight excluding hydrogens is 246 g/mol. The molecule has 0 aliphatic rings. The molecule has 1 rings (SSSR count). The first-order valence-electron chi connectivity index (χ1n) is 4.61. The van der Waals surface area contributed by atoms with Crippen molar-refractivity contribution >= 4 is 23.0 Å². The zero-order chi connectivity index (χ0) is 14.0. The van der Waals surface area contributed by atoms with Gasteiger partial charge in [-0.25, -0.2) is 0 Å². The van der Waals surface area contributed by atoms with Gasteiger partial charge in [0.1, 0.15) is 0 Å². The molecule has 0 heterocycles. The Morgan fingerprint density at radius 2 is 1.50 bits per heavy atom. The van der Waals surface area contributed by atoms with Crippen molar-refractivity contribution in [2.75, 3.05) is 19.0 Å². The molecule has 0 radical (unpaired) electrons. The summed E-state index contributed by atoms with van der Waals surface area (Å²) in [7, 11) is 2.77. The molecule has 0 N–H and O–H groups in total. The Bertz CT molecular complexity index is 504. The lowest BCUT2D eigenvalue weighted by atomic mass is 10.1. The van der Waals surface area contributed by atoms with Gasteiger partial charge in [-0.1, -0.05) is 0 Å². The van der Waals surface area contributed by atoms with Crippen LogP contribution in [0.4, 0.5) is 17.1 Å². The van der Waals surface area contributed by atoms with Crippen LogP contribution >= 0.6 is 0 Å². The van der Waals surface area contributed by atoms with Crippen LogP contribution in [0.2, 0.25) is 0 Å². The highest BCUT2D eigenvalue weighted by atomic mass is 16.6. The number of carboxylic acid groups (broad SMARTS) is 1. The van der Waals surface area contributed by atoms with Gasteiger partial charge in [0.25, 0.3) is 11.4 Å². The first-order chi connectivity index (χ1) is 8.25. The molecule has 0 saturated heterocycles. The number of benzene rings is 1. The Kier molecular flexibility index (Phi) is 3.45. The summed E-state index contributed by atoms with van der Waals surface area (Å²) >= 11 is 0. The van der Waals surface area contributed by atoms with Crippen LogP contribution in [0.5, 0.6) is 0 Å². The van der Waals surface area contributed by atoms with E-state index in [0.717, 1.165) is 12.1 Å². The first-order valence-corrected chi connectivity index (χ1v) is 4.61. The second kappa shape index (κ2) is 4.65. The van der Waals surface area contributed by atoms with Crippen LogP contribution in [0.25, 0.3) is 0 Å². The third kappa shape index (κ3) is 2.34. The van der Waals surface area contributed by atoms with E-state index in [1.54, 1.807) is 0 Å². The molecule has 0 aliphatic carbocycles. The van der Waals surface area contributed by atoms with Crippen molar-refractivity contribution in [1.29, 1.82) is 0 Å². The molecule has 0 amide bonds. The Labute approximate surface area is 101 Å². The van der Waals surface area contributed by atoms with Crippen LogP contribution in [0.15, 0.2) is 12.1 Å². The summed E-state index contributed by atoms with van der Waals surface area (Å²) in [5, 5.41) is 32.3. The molecule has 0 aliphatic heterocycles. The second-order valence-corrected chi connectivity index (χ2v) is 3.56. The van der Waals surface area contributed by atoms with Crippen LogP contribution in [0.3, 0.4) is 0 Å². The van der Waals surface area contributed by atoms with Gasteiger partial charge < -0.3 is 14.8 Å². The number of carbonyl (C=O) groups excluding carboxylic acids is 1.